The van der Waals surface area contributed by atoms with Crippen LogP contribution in [0.25, 0.3) is 0 Å². The summed E-state index contributed by atoms with van der Waals surface area (Å²) in [6.45, 7) is 4.56. The minimum absolute atomic E-state index is 0.284. The number of hydrogen-bond donors (Lipinski definition) is 4. The second-order valence-electron chi connectivity index (χ2n) is 4.07. The van der Waals surface area contributed by atoms with Crippen LogP contribution in [0.2, 0.25) is 0 Å². The van der Waals surface area contributed by atoms with E-state index in [-0.39, 0.29) is 13.2 Å². The normalized spacial score (nSPS) is 10.9. The molecule has 0 rings (SSSR count). The van der Waals surface area contributed by atoms with Crippen molar-refractivity contribution in [3.63, 3.8) is 0 Å². The highest BCUT2D eigenvalue weighted by Crippen LogP contribution is 1.97. The Bertz CT molecular complexity index is 110. The lowest BCUT2D eigenvalue weighted by molar-refractivity contribution is 0.285. The van der Waals surface area contributed by atoms with Crippen LogP contribution >= 0.6 is 0 Å². The molecule has 0 aromatic rings. The monoisotopic (exact) mass is 232 g/mol. The van der Waals surface area contributed by atoms with Crippen LogP contribution in [0.5, 0.6) is 0 Å². The van der Waals surface area contributed by atoms with Gasteiger partial charge in [-0.05, 0) is 51.9 Å². The van der Waals surface area contributed by atoms with Crippen molar-refractivity contribution >= 4 is 0 Å². The fourth-order valence-corrected chi connectivity index (χ4v) is 1.51. The van der Waals surface area contributed by atoms with Crippen molar-refractivity contribution in [1.29, 1.82) is 0 Å². The summed E-state index contributed by atoms with van der Waals surface area (Å²) >= 11 is 0. The van der Waals surface area contributed by atoms with Gasteiger partial charge in [-0.15, -0.1) is 0 Å². The fourth-order valence-electron chi connectivity index (χ4n) is 1.51. The SMILES string of the molecule is OCCCNCCCCCCNCCCO. The lowest BCUT2D eigenvalue weighted by atomic mass is 10.2. The standard InChI is InChI=1S/C12H28N2O2/c15-11-5-9-13-7-3-1-2-4-8-14-10-6-12-16/h13-16H,1-12H2. The Balaban J connectivity index is 2.83. The van der Waals surface area contributed by atoms with Gasteiger partial charge in [-0.2, -0.15) is 0 Å². The van der Waals surface area contributed by atoms with E-state index < -0.39 is 0 Å². The zero-order valence-electron chi connectivity index (χ0n) is 10.4. The molecule has 0 spiro atoms. The first kappa shape index (κ1) is 15.8. The lowest BCUT2D eigenvalue weighted by Gasteiger charge is -2.04. The van der Waals surface area contributed by atoms with Gasteiger partial charge in [0, 0.05) is 13.2 Å². The van der Waals surface area contributed by atoms with Crippen LogP contribution in [0, 0.1) is 0 Å². The molecule has 0 bridgehead atoms. The first-order chi connectivity index (χ1) is 7.91. The summed E-state index contributed by atoms with van der Waals surface area (Å²) in [5.41, 5.74) is 0. The molecule has 0 fully saturated rings. The van der Waals surface area contributed by atoms with E-state index in [1.54, 1.807) is 0 Å². The zero-order chi connectivity index (χ0) is 11.9. The maximum Gasteiger partial charge on any atom is 0.0443 e. The van der Waals surface area contributed by atoms with E-state index in [1.165, 1.54) is 25.7 Å². The number of hydrogen-bond acceptors (Lipinski definition) is 4. The molecule has 0 aliphatic rings. The van der Waals surface area contributed by atoms with Gasteiger partial charge in [0.2, 0.25) is 0 Å². The maximum atomic E-state index is 8.57. The topological polar surface area (TPSA) is 64.5 Å². The summed E-state index contributed by atoms with van der Waals surface area (Å²) in [6.07, 6.45) is 6.70. The highest BCUT2D eigenvalue weighted by molar-refractivity contribution is 4.51. The Hall–Kier alpha value is -0.160. The van der Waals surface area contributed by atoms with Gasteiger partial charge in [-0.25, -0.2) is 0 Å². The minimum atomic E-state index is 0.284. The highest BCUT2D eigenvalue weighted by Gasteiger charge is 1.91. The second-order valence-corrected chi connectivity index (χ2v) is 4.07. The van der Waals surface area contributed by atoms with Crippen LogP contribution < -0.4 is 10.6 Å². The molecule has 0 radical (unpaired) electrons. The molecule has 0 atom stereocenters. The molecular weight excluding hydrogens is 204 g/mol. The van der Waals surface area contributed by atoms with Crippen molar-refractivity contribution < 1.29 is 10.2 Å². The van der Waals surface area contributed by atoms with Crippen molar-refractivity contribution in [3.8, 4) is 0 Å². The predicted octanol–water partition coefficient (Wildman–Crippen LogP) is 0.491. The van der Waals surface area contributed by atoms with Crippen LogP contribution in [-0.2, 0) is 0 Å². The molecule has 0 aliphatic heterocycles. The average Bonchev–Trinajstić information content (AvgIpc) is 2.31. The molecule has 0 aliphatic carbocycles. The number of aliphatic hydroxyl groups excluding tert-OH is 2. The largest absolute Gasteiger partial charge is 0.396 e. The van der Waals surface area contributed by atoms with E-state index in [0.29, 0.717) is 0 Å². The van der Waals surface area contributed by atoms with Gasteiger partial charge in [-0.1, -0.05) is 12.8 Å². The van der Waals surface area contributed by atoms with Crippen LogP contribution in [-0.4, -0.2) is 49.6 Å². The Morgan fingerprint density at radius 2 is 0.875 bits per heavy atom. The number of rotatable bonds is 13. The van der Waals surface area contributed by atoms with Gasteiger partial charge in [0.1, 0.15) is 0 Å². The Labute approximate surface area is 99.4 Å². The molecule has 0 saturated heterocycles. The number of unbranched alkanes of at least 4 members (excludes halogenated alkanes) is 3. The van der Waals surface area contributed by atoms with E-state index >= 15 is 0 Å². The minimum Gasteiger partial charge on any atom is -0.396 e. The molecule has 98 valence electrons. The van der Waals surface area contributed by atoms with E-state index in [4.69, 9.17) is 10.2 Å². The van der Waals surface area contributed by atoms with Crippen molar-refractivity contribution in [2.45, 2.75) is 38.5 Å². The number of nitrogens with one attached hydrogen (secondary N) is 2. The van der Waals surface area contributed by atoms with Crippen molar-refractivity contribution in [1.82, 2.24) is 10.6 Å². The summed E-state index contributed by atoms with van der Waals surface area (Å²) in [6, 6.07) is 0. The van der Waals surface area contributed by atoms with E-state index in [0.717, 1.165) is 39.0 Å². The molecular formula is C12H28N2O2. The summed E-state index contributed by atoms with van der Waals surface area (Å²) in [5.74, 6) is 0. The Kier molecular flexibility index (Phi) is 14.7. The van der Waals surface area contributed by atoms with Gasteiger partial charge >= 0.3 is 0 Å². The van der Waals surface area contributed by atoms with Crippen LogP contribution in [0.15, 0.2) is 0 Å². The summed E-state index contributed by atoms with van der Waals surface area (Å²) < 4.78 is 0. The Morgan fingerprint density at radius 1 is 0.500 bits per heavy atom. The van der Waals surface area contributed by atoms with Crippen molar-refractivity contribution in [3.05, 3.63) is 0 Å². The van der Waals surface area contributed by atoms with Crippen LogP contribution in [0.1, 0.15) is 38.5 Å². The quantitative estimate of drug-likeness (QED) is 0.349. The zero-order valence-corrected chi connectivity index (χ0v) is 10.4. The lowest BCUT2D eigenvalue weighted by Crippen LogP contribution is -2.18. The molecule has 0 unspecified atom stereocenters. The van der Waals surface area contributed by atoms with Gasteiger partial charge < -0.3 is 20.8 Å². The van der Waals surface area contributed by atoms with Crippen LogP contribution in [0.3, 0.4) is 0 Å². The van der Waals surface area contributed by atoms with Gasteiger partial charge in [0.05, 0.1) is 0 Å². The summed E-state index contributed by atoms with van der Waals surface area (Å²) in [4.78, 5) is 0. The summed E-state index contributed by atoms with van der Waals surface area (Å²) in [7, 11) is 0. The third kappa shape index (κ3) is 13.8. The molecule has 16 heavy (non-hydrogen) atoms. The first-order valence-corrected chi connectivity index (χ1v) is 6.55. The predicted molar refractivity (Wildman–Crippen MR) is 67.6 cm³/mol. The average molecular weight is 232 g/mol. The van der Waals surface area contributed by atoms with E-state index in [2.05, 4.69) is 10.6 Å². The van der Waals surface area contributed by atoms with Gasteiger partial charge in [-0.3, -0.25) is 0 Å². The molecule has 0 heterocycles. The van der Waals surface area contributed by atoms with E-state index in [1.807, 2.05) is 0 Å². The van der Waals surface area contributed by atoms with Crippen molar-refractivity contribution in [2.24, 2.45) is 0 Å². The van der Waals surface area contributed by atoms with Crippen LogP contribution in [0.4, 0.5) is 0 Å². The molecule has 4 N–H and O–H groups in total. The first-order valence-electron chi connectivity index (χ1n) is 6.55. The number of aliphatic hydroxyl groups is 2. The molecule has 4 heteroatoms. The smallest absolute Gasteiger partial charge is 0.0443 e. The summed E-state index contributed by atoms with van der Waals surface area (Å²) in [5, 5.41) is 23.7. The highest BCUT2D eigenvalue weighted by atomic mass is 16.3. The van der Waals surface area contributed by atoms with Gasteiger partial charge in [0.15, 0.2) is 0 Å². The third-order valence-corrected chi connectivity index (χ3v) is 2.48. The second kappa shape index (κ2) is 14.8. The third-order valence-electron chi connectivity index (χ3n) is 2.48. The maximum absolute atomic E-state index is 8.57. The molecule has 0 aromatic heterocycles. The van der Waals surface area contributed by atoms with Gasteiger partial charge in [0.25, 0.3) is 0 Å². The van der Waals surface area contributed by atoms with Crippen molar-refractivity contribution in [2.75, 3.05) is 39.4 Å². The molecule has 0 saturated carbocycles. The fraction of sp³-hybridized carbons (Fsp3) is 1.00. The Morgan fingerprint density at radius 3 is 1.25 bits per heavy atom. The molecule has 4 nitrogen and oxygen atoms in total. The molecule has 0 amide bonds. The van der Waals surface area contributed by atoms with E-state index in [9.17, 15) is 0 Å². The molecule has 0 aromatic carbocycles.